The molecule has 0 saturated heterocycles. The molecule has 98 valence electrons. The highest BCUT2D eigenvalue weighted by Gasteiger charge is 2.10. The van der Waals surface area contributed by atoms with Gasteiger partial charge in [0, 0.05) is 11.3 Å². The summed E-state index contributed by atoms with van der Waals surface area (Å²) in [7, 11) is 0. The second-order valence-electron chi connectivity index (χ2n) is 4.08. The lowest BCUT2D eigenvalue weighted by Crippen LogP contribution is -2.13. The van der Waals surface area contributed by atoms with E-state index in [1.54, 1.807) is 31.2 Å². The molecule has 2 N–H and O–H groups in total. The summed E-state index contributed by atoms with van der Waals surface area (Å²) >= 11 is 11.7. The SMILES string of the molecule is Cc1cc(O)ccc1C(=O)Nc1ccc(Cl)c(Cl)c1. The molecule has 3 nitrogen and oxygen atoms in total. The molecule has 2 aromatic carbocycles. The van der Waals surface area contributed by atoms with Gasteiger partial charge in [-0.15, -0.1) is 0 Å². The Morgan fingerprint density at radius 3 is 2.47 bits per heavy atom. The first-order valence-corrected chi connectivity index (χ1v) is 6.29. The number of hydrogen-bond donors (Lipinski definition) is 2. The van der Waals surface area contributed by atoms with Crippen LogP contribution in [-0.2, 0) is 0 Å². The molecule has 2 rings (SSSR count). The number of benzene rings is 2. The average molecular weight is 296 g/mol. The minimum atomic E-state index is -0.268. The molecule has 0 radical (unpaired) electrons. The van der Waals surface area contributed by atoms with Gasteiger partial charge in [-0.1, -0.05) is 23.2 Å². The Balaban J connectivity index is 2.23. The topological polar surface area (TPSA) is 49.3 Å². The molecule has 1 amide bonds. The van der Waals surface area contributed by atoms with E-state index in [-0.39, 0.29) is 11.7 Å². The molecule has 0 atom stereocenters. The molecule has 0 aromatic heterocycles. The van der Waals surface area contributed by atoms with Crippen molar-refractivity contribution in [1.29, 1.82) is 0 Å². The first-order valence-electron chi connectivity index (χ1n) is 5.53. The van der Waals surface area contributed by atoms with Crippen molar-refractivity contribution in [2.24, 2.45) is 0 Å². The third kappa shape index (κ3) is 3.19. The lowest BCUT2D eigenvalue weighted by molar-refractivity contribution is 0.102. The smallest absolute Gasteiger partial charge is 0.255 e. The molecule has 0 aliphatic carbocycles. The summed E-state index contributed by atoms with van der Waals surface area (Å²) < 4.78 is 0. The van der Waals surface area contributed by atoms with E-state index in [4.69, 9.17) is 23.2 Å². The van der Waals surface area contributed by atoms with Gasteiger partial charge in [0.05, 0.1) is 10.0 Å². The molecular weight excluding hydrogens is 285 g/mol. The fourth-order valence-electron chi connectivity index (χ4n) is 1.67. The Morgan fingerprint density at radius 2 is 1.84 bits per heavy atom. The molecule has 0 bridgehead atoms. The van der Waals surface area contributed by atoms with Crippen molar-refractivity contribution in [3.05, 3.63) is 57.6 Å². The van der Waals surface area contributed by atoms with Crippen molar-refractivity contribution in [3.63, 3.8) is 0 Å². The van der Waals surface area contributed by atoms with Gasteiger partial charge < -0.3 is 10.4 Å². The van der Waals surface area contributed by atoms with E-state index in [1.165, 1.54) is 12.1 Å². The third-order valence-electron chi connectivity index (χ3n) is 2.63. The quantitative estimate of drug-likeness (QED) is 0.870. The second kappa shape index (κ2) is 5.51. The summed E-state index contributed by atoms with van der Waals surface area (Å²) in [5, 5.41) is 12.8. The number of anilines is 1. The Bertz CT molecular complexity index is 641. The molecule has 19 heavy (non-hydrogen) atoms. The van der Waals surface area contributed by atoms with Crippen LogP contribution in [0.4, 0.5) is 5.69 Å². The van der Waals surface area contributed by atoms with Crippen molar-refractivity contribution >= 4 is 34.8 Å². The van der Waals surface area contributed by atoms with Crippen LogP contribution in [0.3, 0.4) is 0 Å². The first-order chi connectivity index (χ1) is 8.97. The standard InChI is InChI=1S/C14H11Cl2NO2/c1-8-6-10(18)3-4-11(8)14(19)17-9-2-5-12(15)13(16)7-9/h2-7,18H,1H3,(H,17,19). The van der Waals surface area contributed by atoms with Crippen molar-refractivity contribution in [2.45, 2.75) is 6.92 Å². The summed E-state index contributed by atoms with van der Waals surface area (Å²) in [6.45, 7) is 1.75. The predicted octanol–water partition coefficient (Wildman–Crippen LogP) is 4.26. The van der Waals surface area contributed by atoms with E-state index in [2.05, 4.69) is 5.32 Å². The number of nitrogens with one attached hydrogen (secondary N) is 1. The molecule has 0 aliphatic rings. The minimum Gasteiger partial charge on any atom is -0.508 e. The number of carbonyl (C=O) groups excluding carboxylic acids is 1. The number of phenolic OH excluding ortho intramolecular Hbond substituents is 1. The number of halogens is 2. The fourth-order valence-corrected chi connectivity index (χ4v) is 1.97. The third-order valence-corrected chi connectivity index (χ3v) is 3.37. The van der Waals surface area contributed by atoms with Gasteiger partial charge in [0.2, 0.25) is 0 Å². The van der Waals surface area contributed by atoms with E-state index < -0.39 is 0 Å². The van der Waals surface area contributed by atoms with Crippen molar-refractivity contribution in [2.75, 3.05) is 5.32 Å². The maximum atomic E-state index is 12.1. The summed E-state index contributed by atoms with van der Waals surface area (Å²) in [5.41, 5.74) is 1.74. The molecule has 0 saturated carbocycles. The number of aryl methyl sites for hydroxylation is 1. The number of amides is 1. The predicted molar refractivity (Wildman–Crippen MR) is 77.3 cm³/mol. The maximum absolute atomic E-state index is 12.1. The Kier molecular flexibility index (Phi) is 3.98. The summed E-state index contributed by atoms with van der Waals surface area (Å²) in [6, 6.07) is 9.43. The Morgan fingerprint density at radius 1 is 1.11 bits per heavy atom. The summed E-state index contributed by atoms with van der Waals surface area (Å²) in [5.74, 6) is -0.139. The van der Waals surface area contributed by atoms with Crippen LogP contribution in [0, 0.1) is 6.92 Å². The van der Waals surface area contributed by atoms with Crippen LogP contribution in [0.2, 0.25) is 10.0 Å². The van der Waals surface area contributed by atoms with Crippen LogP contribution < -0.4 is 5.32 Å². The van der Waals surface area contributed by atoms with E-state index >= 15 is 0 Å². The lowest BCUT2D eigenvalue weighted by Gasteiger charge is -2.08. The van der Waals surface area contributed by atoms with Gasteiger partial charge in [0.25, 0.3) is 5.91 Å². The Labute approximate surface area is 120 Å². The number of phenols is 1. The van der Waals surface area contributed by atoms with Gasteiger partial charge in [-0.05, 0) is 48.9 Å². The molecule has 2 aromatic rings. The zero-order valence-electron chi connectivity index (χ0n) is 10.1. The van der Waals surface area contributed by atoms with Crippen LogP contribution >= 0.6 is 23.2 Å². The highest BCUT2D eigenvalue weighted by atomic mass is 35.5. The molecule has 5 heteroatoms. The van der Waals surface area contributed by atoms with E-state index in [0.717, 1.165) is 0 Å². The van der Waals surface area contributed by atoms with Crippen molar-refractivity contribution in [3.8, 4) is 5.75 Å². The Hall–Kier alpha value is -1.71. The molecular formula is C14H11Cl2NO2. The van der Waals surface area contributed by atoms with Crippen LogP contribution in [0.1, 0.15) is 15.9 Å². The van der Waals surface area contributed by atoms with Gasteiger partial charge >= 0.3 is 0 Å². The summed E-state index contributed by atoms with van der Waals surface area (Å²) in [6.07, 6.45) is 0. The van der Waals surface area contributed by atoms with Crippen molar-refractivity contribution < 1.29 is 9.90 Å². The van der Waals surface area contributed by atoms with E-state index in [1.807, 2.05) is 0 Å². The minimum absolute atomic E-state index is 0.128. The number of carbonyl (C=O) groups is 1. The second-order valence-corrected chi connectivity index (χ2v) is 4.90. The monoisotopic (exact) mass is 295 g/mol. The first kappa shape index (κ1) is 13.7. The molecule has 0 spiro atoms. The van der Waals surface area contributed by atoms with Gasteiger partial charge in [-0.3, -0.25) is 4.79 Å². The van der Waals surface area contributed by atoms with Crippen LogP contribution in [0.5, 0.6) is 5.75 Å². The van der Waals surface area contributed by atoms with Crippen molar-refractivity contribution in [1.82, 2.24) is 0 Å². The lowest BCUT2D eigenvalue weighted by atomic mass is 10.1. The normalized spacial score (nSPS) is 10.3. The number of aromatic hydroxyl groups is 1. The van der Waals surface area contributed by atoms with E-state index in [9.17, 15) is 9.90 Å². The van der Waals surface area contributed by atoms with Gasteiger partial charge in [-0.25, -0.2) is 0 Å². The van der Waals surface area contributed by atoms with Crippen LogP contribution in [0.25, 0.3) is 0 Å². The zero-order valence-corrected chi connectivity index (χ0v) is 11.6. The fraction of sp³-hybridized carbons (Fsp3) is 0.0714. The average Bonchev–Trinajstić information content (AvgIpc) is 2.33. The molecule has 0 aliphatic heterocycles. The summed E-state index contributed by atoms with van der Waals surface area (Å²) in [4.78, 5) is 12.1. The molecule has 0 unspecified atom stereocenters. The zero-order chi connectivity index (χ0) is 14.0. The maximum Gasteiger partial charge on any atom is 0.255 e. The highest BCUT2D eigenvalue weighted by molar-refractivity contribution is 6.42. The number of rotatable bonds is 2. The van der Waals surface area contributed by atoms with Gasteiger partial charge in [0.1, 0.15) is 5.75 Å². The van der Waals surface area contributed by atoms with Gasteiger partial charge in [0.15, 0.2) is 0 Å². The van der Waals surface area contributed by atoms with E-state index in [0.29, 0.717) is 26.9 Å². The van der Waals surface area contributed by atoms with Crippen LogP contribution in [-0.4, -0.2) is 11.0 Å². The molecule has 0 fully saturated rings. The largest absolute Gasteiger partial charge is 0.508 e. The highest BCUT2D eigenvalue weighted by Crippen LogP contribution is 2.25. The molecule has 0 heterocycles. The van der Waals surface area contributed by atoms with Gasteiger partial charge in [-0.2, -0.15) is 0 Å². The van der Waals surface area contributed by atoms with Crippen LogP contribution in [0.15, 0.2) is 36.4 Å². The number of hydrogen-bond acceptors (Lipinski definition) is 2.